The monoisotopic (exact) mass is 296 g/mol. The third kappa shape index (κ3) is 4.04. The minimum atomic E-state index is 0.320. The fourth-order valence-corrected chi connectivity index (χ4v) is 1.76. The molecule has 0 fully saturated rings. The largest absolute Gasteiger partial charge is 0.393 e. The lowest BCUT2D eigenvalue weighted by molar-refractivity contribution is 0.281. The van der Waals surface area contributed by atoms with E-state index in [2.05, 4.69) is 31.2 Å². The Kier molecular flexibility index (Phi) is 5.45. The molecular weight excluding hydrogens is 284 g/mol. The molecule has 8 nitrogen and oxygen atoms in total. The summed E-state index contributed by atoms with van der Waals surface area (Å²) >= 11 is 0. The number of hydrogen-bond donors (Lipinski definition) is 2. The van der Waals surface area contributed by atoms with Gasteiger partial charge in [-0.05, 0) is 22.1 Å². The molecule has 0 heterocycles. The van der Waals surface area contributed by atoms with Crippen molar-refractivity contribution < 1.29 is 10.4 Å². The lowest BCUT2D eigenvalue weighted by Crippen LogP contribution is -2.15. The number of hydrogen-bond acceptors (Lipinski definition) is 4. The maximum Gasteiger partial charge on any atom is 0.122 e. The molecule has 0 bridgehead atoms. The Morgan fingerprint density at radius 1 is 0.864 bits per heavy atom. The second-order valence-corrected chi connectivity index (χ2v) is 4.02. The van der Waals surface area contributed by atoms with E-state index in [1.165, 1.54) is 0 Å². The molecule has 0 radical (unpaired) electrons. The van der Waals surface area contributed by atoms with Crippen molar-refractivity contribution >= 4 is 17.5 Å². The van der Waals surface area contributed by atoms with Gasteiger partial charge >= 0.3 is 0 Å². The molecule has 2 rings (SSSR count). The molecule has 0 saturated heterocycles. The fraction of sp³-hybridized carbons (Fsp3) is 0. The molecule has 1 aromatic carbocycles. The van der Waals surface area contributed by atoms with Gasteiger partial charge in [0.05, 0.1) is 0 Å². The van der Waals surface area contributed by atoms with Crippen LogP contribution in [0.2, 0.25) is 0 Å². The van der Waals surface area contributed by atoms with E-state index in [9.17, 15) is 0 Å². The van der Waals surface area contributed by atoms with E-state index >= 15 is 0 Å². The maximum absolute atomic E-state index is 8.43. The average molecular weight is 296 g/mol. The molecule has 0 atom stereocenters. The van der Waals surface area contributed by atoms with Crippen molar-refractivity contribution in [2.24, 2.45) is 31.2 Å². The highest BCUT2D eigenvalue weighted by Gasteiger charge is 2.14. The lowest BCUT2D eigenvalue weighted by atomic mass is 9.99. The summed E-state index contributed by atoms with van der Waals surface area (Å²) < 4.78 is 0. The summed E-state index contributed by atoms with van der Waals surface area (Å²) in [6, 6.07) is 9.69. The van der Waals surface area contributed by atoms with Crippen LogP contribution in [0.4, 0.5) is 0 Å². The Bertz CT molecular complexity index is 714. The SMILES string of the molecule is ON=NN=C1C=CC=C(C=Cc2ccccc2)C1=NN=NO. The molecule has 0 amide bonds. The smallest absolute Gasteiger partial charge is 0.122 e. The molecule has 8 heteroatoms. The van der Waals surface area contributed by atoms with Crippen LogP contribution in [-0.4, -0.2) is 21.8 Å². The zero-order chi connectivity index (χ0) is 15.6. The summed E-state index contributed by atoms with van der Waals surface area (Å²) in [5.41, 5.74) is 2.35. The van der Waals surface area contributed by atoms with E-state index < -0.39 is 0 Å². The van der Waals surface area contributed by atoms with Gasteiger partial charge in [-0.1, -0.05) is 54.6 Å². The van der Waals surface area contributed by atoms with Gasteiger partial charge in [-0.15, -0.1) is 10.2 Å². The molecule has 0 saturated carbocycles. The van der Waals surface area contributed by atoms with Crippen molar-refractivity contribution in [1.82, 2.24) is 0 Å². The topological polar surface area (TPSA) is 115 Å². The summed E-state index contributed by atoms with van der Waals surface area (Å²) in [5.74, 6) is 0. The minimum Gasteiger partial charge on any atom is -0.393 e. The van der Waals surface area contributed by atoms with Gasteiger partial charge in [0.25, 0.3) is 0 Å². The number of nitrogens with zero attached hydrogens (tertiary/aromatic N) is 6. The predicted molar refractivity (Wildman–Crippen MR) is 80.9 cm³/mol. The highest BCUT2D eigenvalue weighted by molar-refractivity contribution is 6.53. The van der Waals surface area contributed by atoms with Crippen LogP contribution in [0, 0.1) is 0 Å². The van der Waals surface area contributed by atoms with Gasteiger partial charge in [-0.2, -0.15) is 0 Å². The molecule has 22 heavy (non-hydrogen) atoms. The molecule has 110 valence electrons. The summed E-state index contributed by atoms with van der Waals surface area (Å²) in [5, 5.41) is 35.8. The van der Waals surface area contributed by atoms with Crippen LogP contribution in [-0.2, 0) is 0 Å². The Morgan fingerprint density at radius 2 is 1.59 bits per heavy atom. The van der Waals surface area contributed by atoms with Crippen LogP contribution >= 0.6 is 0 Å². The quantitative estimate of drug-likeness (QED) is 0.502. The van der Waals surface area contributed by atoms with E-state index in [4.69, 9.17) is 10.4 Å². The van der Waals surface area contributed by atoms with Gasteiger partial charge in [-0.3, -0.25) is 0 Å². The second kappa shape index (κ2) is 8.00. The van der Waals surface area contributed by atoms with Gasteiger partial charge in [0.1, 0.15) is 11.4 Å². The first-order valence-corrected chi connectivity index (χ1v) is 6.21. The van der Waals surface area contributed by atoms with E-state index in [0.29, 0.717) is 17.0 Å². The van der Waals surface area contributed by atoms with E-state index in [1.54, 1.807) is 18.2 Å². The minimum absolute atomic E-state index is 0.320. The standard InChI is InChI=1S/C14H12N6O2/c21-19-17-15-13-8-4-7-12(14(13)16-18-20-22)10-9-11-5-2-1-3-6-11/h1-10H,(H,17,21)(H,18,22). The summed E-state index contributed by atoms with van der Waals surface area (Å²) in [4.78, 5) is 0. The number of benzene rings is 1. The molecule has 1 aliphatic carbocycles. The first-order chi connectivity index (χ1) is 10.8. The van der Waals surface area contributed by atoms with Crippen LogP contribution in [0.1, 0.15) is 5.56 Å². The first-order valence-electron chi connectivity index (χ1n) is 6.21. The molecule has 0 unspecified atom stereocenters. The van der Waals surface area contributed by atoms with E-state index in [-0.39, 0.29) is 0 Å². The summed E-state index contributed by atoms with van der Waals surface area (Å²) in [7, 11) is 0. The molecule has 2 N–H and O–H groups in total. The Balaban J connectivity index is 2.33. The highest BCUT2D eigenvalue weighted by atomic mass is 16.5. The molecule has 1 aliphatic rings. The zero-order valence-corrected chi connectivity index (χ0v) is 11.4. The van der Waals surface area contributed by atoms with Crippen molar-refractivity contribution in [2.45, 2.75) is 0 Å². The molecular formula is C14H12N6O2. The van der Waals surface area contributed by atoms with Crippen LogP contribution in [0.3, 0.4) is 0 Å². The highest BCUT2D eigenvalue weighted by Crippen LogP contribution is 2.13. The zero-order valence-electron chi connectivity index (χ0n) is 11.4. The second-order valence-electron chi connectivity index (χ2n) is 4.02. The summed E-state index contributed by atoms with van der Waals surface area (Å²) in [6.45, 7) is 0. The molecule has 1 aromatic rings. The number of allylic oxidation sites excluding steroid dienone is 5. The van der Waals surface area contributed by atoms with Gasteiger partial charge < -0.3 is 10.4 Å². The molecule has 0 aliphatic heterocycles. The fourth-order valence-electron chi connectivity index (χ4n) is 1.76. The predicted octanol–water partition coefficient (Wildman–Crippen LogP) is 3.59. The van der Waals surface area contributed by atoms with Crippen LogP contribution in [0.5, 0.6) is 0 Å². The van der Waals surface area contributed by atoms with E-state index in [1.807, 2.05) is 42.5 Å². The Labute approximate surface area is 125 Å². The lowest BCUT2D eigenvalue weighted by Gasteiger charge is -2.08. The Hall–Kier alpha value is -3.42. The van der Waals surface area contributed by atoms with Crippen LogP contribution in [0.15, 0.2) is 91.4 Å². The van der Waals surface area contributed by atoms with Gasteiger partial charge in [0, 0.05) is 16.1 Å². The van der Waals surface area contributed by atoms with Gasteiger partial charge in [0.2, 0.25) is 0 Å². The van der Waals surface area contributed by atoms with Crippen molar-refractivity contribution in [1.29, 1.82) is 0 Å². The van der Waals surface area contributed by atoms with Crippen molar-refractivity contribution in [3.63, 3.8) is 0 Å². The van der Waals surface area contributed by atoms with Crippen molar-refractivity contribution in [3.05, 3.63) is 65.8 Å². The van der Waals surface area contributed by atoms with Crippen molar-refractivity contribution in [2.75, 3.05) is 0 Å². The first kappa shape index (κ1) is 15.0. The van der Waals surface area contributed by atoms with Gasteiger partial charge in [-0.25, -0.2) is 0 Å². The maximum atomic E-state index is 8.43. The number of rotatable bonds is 4. The van der Waals surface area contributed by atoms with E-state index in [0.717, 1.165) is 5.56 Å². The summed E-state index contributed by atoms with van der Waals surface area (Å²) in [6.07, 6.45) is 8.85. The van der Waals surface area contributed by atoms with Crippen molar-refractivity contribution in [3.8, 4) is 0 Å². The van der Waals surface area contributed by atoms with Gasteiger partial charge in [0.15, 0.2) is 0 Å². The molecule has 0 spiro atoms. The third-order valence-electron chi connectivity index (χ3n) is 2.68. The normalized spacial score (nSPS) is 19.0. The third-order valence-corrected chi connectivity index (χ3v) is 2.68. The molecule has 0 aromatic heterocycles. The Morgan fingerprint density at radius 3 is 2.32 bits per heavy atom. The average Bonchev–Trinajstić information content (AvgIpc) is 2.57. The van der Waals surface area contributed by atoms with Crippen LogP contribution in [0.25, 0.3) is 6.08 Å². The van der Waals surface area contributed by atoms with Crippen LogP contribution < -0.4 is 0 Å².